The van der Waals surface area contributed by atoms with Gasteiger partial charge in [0.1, 0.15) is 22.3 Å². The fraction of sp³-hybridized carbons (Fsp3) is 0.294. The van der Waals surface area contributed by atoms with Crippen molar-refractivity contribution in [1.82, 2.24) is 9.62 Å². The van der Waals surface area contributed by atoms with Crippen LogP contribution in [0.2, 0.25) is 0 Å². The van der Waals surface area contributed by atoms with Crippen molar-refractivity contribution < 1.29 is 21.9 Å². The summed E-state index contributed by atoms with van der Waals surface area (Å²) in [6.07, 6.45) is 0. The van der Waals surface area contributed by atoms with Crippen LogP contribution in [0.5, 0.6) is 5.75 Å². The molecule has 0 saturated carbocycles. The maximum Gasteiger partial charge on any atom is 0.246 e. The van der Waals surface area contributed by atoms with E-state index in [4.69, 9.17) is 4.74 Å². The average Bonchev–Trinajstić information content (AvgIpc) is 2.63. The van der Waals surface area contributed by atoms with Gasteiger partial charge in [-0.2, -0.15) is 4.31 Å². The number of ether oxygens (including phenoxy) is 1. The van der Waals surface area contributed by atoms with E-state index in [1.807, 2.05) is 0 Å². The number of nitrogens with zero attached hydrogens (tertiary/aromatic N) is 1. The monoisotopic (exact) mass is 368 g/mol. The minimum absolute atomic E-state index is 0.140. The topological polar surface area (TPSA) is 58.6 Å². The van der Waals surface area contributed by atoms with Gasteiger partial charge in [-0.05, 0) is 24.3 Å². The number of hydrogen-bond acceptors (Lipinski definition) is 4. The summed E-state index contributed by atoms with van der Waals surface area (Å²) >= 11 is 0. The summed E-state index contributed by atoms with van der Waals surface area (Å²) in [6.45, 7) is 0.902. The lowest BCUT2D eigenvalue weighted by Gasteiger charge is -2.36. The first kappa shape index (κ1) is 17.8. The molecule has 1 aliphatic rings. The summed E-state index contributed by atoms with van der Waals surface area (Å²) in [5.74, 6) is -1.24. The maximum absolute atomic E-state index is 14.1. The van der Waals surface area contributed by atoms with Crippen molar-refractivity contribution >= 4 is 10.0 Å². The highest BCUT2D eigenvalue weighted by Crippen LogP contribution is 2.34. The molecule has 0 spiro atoms. The number of methoxy groups -OCH3 is 1. The third-order valence-corrected chi connectivity index (χ3v) is 6.10. The molecule has 134 valence electrons. The Morgan fingerprint density at radius 2 is 1.96 bits per heavy atom. The average molecular weight is 368 g/mol. The number of rotatable bonds is 4. The lowest BCUT2D eigenvalue weighted by molar-refractivity contribution is 0.263. The summed E-state index contributed by atoms with van der Waals surface area (Å²) in [7, 11) is -2.71. The molecule has 8 heteroatoms. The lowest BCUT2D eigenvalue weighted by Crippen LogP contribution is -2.48. The summed E-state index contributed by atoms with van der Waals surface area (Å²) in [5.41, 5.74) is 0.664. The normalized spacial score (nSPS) is 18.9. The van der Waals surface area contributed by atoms with E-state index in [9.17, 15) is 17.2 Å². The molecule has 3 rings (SSSR count). The van der Waals surface area contributed by atoms with Gasteiger partial charge in [0, 0.05) is 25.2 Å². The maximum atomic E-state index is 14.1. The Kier molecular flexibility index (Phi) is 5.03. The zero-order valence-electron chi connectivity index (χ0n) is 13.6. The van der Waals surface area contributed by atoms with Gasteiger partial charge < -0.3 is 10.1 Å². The number of para-hydroxylation sites is 1. The minimum Gasteiger partial charge on any atom is -0.496 e. The summed E-state index contributed by atoms with van der Waals surface area (Å²) in [6, 6.07) is 8.90. The van der Waals surface area contributed by atoms with Gasteiger partial charge in [-0.1, -0.05) is 18.2 Å². The Morgan fingerprint density at radius 1 is 1.20 bits per heavy atom. The predicted octanol–water partition coefficient (Wildman–Crippen LogP) is 2.31. The van der Waals surface area contributed by atoms with Crippen LogP contribution in [-0.4, -0.2) is 39.5 Å². The molecule has 1 N–H and O–H groups in total. The van der Waals surface area contributed by atoms with Gasteiger partial charge >= 0.3 is 0 Å². The van der Waals surface area contributed by atoms with Crippen LogP contribution in [0.15, 0.2) is 47.4 Å². The second kappa shape index (κ2) is 7.07. The van der Waals surface area contributed by atoms with Gasteiger partial charge in [-0.25, -0.2) is 17.2 Å². The second-order valence-electron chi connectivity index (χ2n) is 5.65. The number of piperazine rings is 1. The van der Waals surface area contributed by atoms with Gasteiger partial charge in [0.05, 0.1) is 13.2 Å². The predicted molar refractivity (Wildman–Crippen MR) is 88.9 cm³/mol. The van der Waals surface area contributed by atoms with Crippen LogP contribution in [0.3, 0.4) is 0 Å². The molecule has 0 amide bonds. The van der Waals surface area contributed by atoms with Crippen LogP contribution in [0.1, 0.15) is 11.6 Å². The fourth-order valence-electron chi connectivity index (χ4n) is 2.98. The van der Waals surface area contributed by atoms with E-state index in [2.05, 4.69) is 5.32 Å². The van der Waals surface area contributed by atoms with Gasteiger partial charge in [0.15, 0.2) is 0 Å². The summed E-state index contributed by atoms with van der Waals surface area (Å²) < 4.78 is 60.1. The number of hydrogen-bond donors (Lipinski definition) is 1. The highest BCUT2D eigenvalue weighted by Gasteiger charge is 2.37. The molecule has 2 aromatic carbocycles. The molecular formula is C17H18F2N2O3S. The van der Waals surface area contributed by atoms with Crippen molar-refractivity contribution in [2.45, 2.75) is 10.9 Å². The van der Waals surface area contributed by atoms with Crippen molar-refractivity contribution in [3.63, 3.8) is 0 Å². The van der Waals surface area contributed by atoms with E-state index in [-0.39, 0.29) is 6.54 Å². The zero-order chi connectivity index (χ0) is 18.0. The summed E-state index contributed by atoms with van der Waals surface area (Å²) in [5, 5.41) is 3.13. The molecule has 1 saturated heterocycles. The number of nitrogens with one attached hydrogen (secondary N) is 1. The Bertz CT molecular complexity index is 874. The molecule has 1 unspecified atom stereocenters. The molecule has 2 aromatic rings. The fourth-order valence-corrected chi connectivity index (χ4v) is 4.66. The molecule has 5 nitrogen and oxygen atoms in total. The Labute approximate surface area is 145 Å². The Balaban J connectivity index is 2.08. The third-order valence-electron chi connectivity index (χ3n) is 4.17. The van der Waals surface area contributed by atoms with Crippen LogP contribution in [-0.2, 0) is 10.0 Å². The molecule has 0 radical (unpaired) electrons. The molecule has 0 bridgehead atoms. The standard InChI is InChI=1S/C17H18F2N2O3S/c1-24-16-5-3-2-4-13(16)15-11-20-8-9-21(15)25(22,23)17-10-12(18)6-7-14(17)19/h2-7,10,15,20H,8-9,11H2,1H3. The van der Waals surface area contributed by atoms with Crippen LogP contribution in [0, 0.1) is 11.6 Å². The minimum atomic E-state index is -4.21. The van der Waals surface area contributed by atoms with Crippen molar-refractivity contribution in [3.8, 4) is 5.75 Å². The number of benzene rings is 2. The van der Waals surface area contributed by atoms with Crippen molar-refractivity contribution in [1.29, 1.82) is 0 Å². The van der Waals surface area contributed by atoms with E-state index in [0.29, 0.717) is 30.5 Å². The van der Waals surface area contributed by atoms with Gasteiger partial charge in [-0.3, -0.25) is 0 Å². The molecule has 25 heavy (non-hydrogen) atoms. The van der Waals surface area contributed by atoms with Gasteiger partial charge in [0.2, 0.25) is 10.0 Å². The first-order chi connectivity index (χ1) is 11.9. The van der Waals surface area contributed by atoms with Crippen molar-refractivity contribution in [2.75, 3.05) is 26.7 Å². The highest BCUT2D eigenvalue weighted by molar-refractivity contribution is 7.89. The third kappa shape index (κ3) is 3.37. The molecule has 1 atom stereocenters. The van der Waals surface area contributed by atoms with Crippen LogP contribution >= 0.6 is 0 Å². The van der Waals surface area contributed by atoms with Crippen molar-refractivity contribution in [3.05, 3.63) is 59.7 Å². The molecular weight excluding hydrogens is 350 g/mol. The van der Waals surface area contributed by atoms with Crippen molar-refractivity contribution in [2.24, 2.45) is 0 Å². The SMILES string of the molecule is COc1ccccc1C1CNCCN1S(=O)(=O)c1cc(F)ccc1F. The Hall–Kier alpha value is -2.03. The molecule has 1 aliphatic heterocycles. The van der Waals surface area contributed by atoms with Gasteiger partial charge in [-0.15, -0.1) is 0 Å². The number of sulfonamides is 1. The Morgan fingerprint density at radius 3 is 2.72 bits per heavy atom. The molecule has 0 aromatic heterocycles. The molecule has 0 aliphatic carbocycles. The quantitative estimate of drug-likeness (QED) is 0.900. The summed E-state index contributed by atoms with van der Waals surface area (Å²) in [4.78, 5) is -0.658. The van der Waals surface area contributed by atoms with E-state index in [1.54, 1.807) is 24.3 Å². The van der Waals surface area contributed by atoms with Crippen LogP contribution in [0.4, 0.5) is 8.78 Å². The first-order valence-corrected chi connectivity index (χ1v) is 9.19. The van der Waals surface area contributed by atoms with E-state index in [0.717, 1.165) is 12.1 Å². The second-order valence-corrected chi connectivity index (χ2v) is 7.51. The highest BCUT2D eigenvalue weighted by atomic mass is 32.2. The number of halogens is 2. The largest absolute Gasteiger partial charge is 0.496 e. The lowest BCUT2D eigenvalue weighted by atomic mass is 10.0. The van der Waals surface area contributed by atoms with Gasteiger partial charge in [0.25, 0.3) is 0 Å². The van der Waals surface area contributed by atoms with Crippen LogP contribution in [0.25, 0.3) is 0 Å². The molecule has 1 heterocycles. The zero-order valence-corrected chi connectivity index (χ0v) is 14.4. The van der Waals surface area contributed by atoms with E-state index < -0.39 is 32.6 Å². The smallest absolute Gasteiger partial charge is 0.246 e. The first-order valence-electron chi connectivity index (χ1n) is 7.75. The van der Waals surface area contributed by atoms with E-state index >= 15 is 0 Å². The molecule has 1 fully saturated rings. The van der Waals surface area contributed by atoms with E-state index in [1.165, 1.54) is 11.4 Å². The van der Waals surface area contributed by atoms with Crippen LogP contribution < -0.4 is 10.1 Å².